The number of non-ortho nitro benzene ring substituents is 1. The zero-order valence-corrected chi connectivity index (χ0v) is 11.0. The van der Waals surface area contributed by atoms with Crippen molar-refractivity contribution in [2.24, 2.45) is 0 Å². The van der Waals surface area contributed by atoms with Gasteiger partial charge in [-0.15, -0.1) is 0 Å². The lowest BCUT2D eigenvalue weighted by atomic mass is 10.3. The topological polar surface area (TPSA) is 101 Å². The Labute approximate surface area is 115 Å². The van der Waals surface area contributed by atoms with Gasteiger partial charge in [0.1, 0.15) is 0 Å². The van der Waals surface area contributed by atoms with E-state index in [4.69, 9.17) is 15.2 Å². The first kappa shape index (κ1) is 13.6. The van der Waals surface area contributed by atoms with E-state index in [2.05, 4.69) is 4.98 Å². The first-order valence-electron chi connectivity index (χ1n) is 5.74. The van der Waals surface area contributed by atoms with Crippen molar-refractivity contribution in [1.82, 2.24) is 4.98 Å². The highest BCUT2D eigenvalue weighted by atomic mass is 16.6. The molecular formula is C13H13N3O4. The molecule has 0 saturated heterocycles. The molecule has 1 aromatic carbocycles. The Morgan fingerprint density at radius 3 is 2.60 bits per heavy atom. The molecule has 104 valence electrons. The summed E-state index contributed by atoms with van der Waals surface area (Å²) in [4.78, 5) is 14.4. The van der Waals surface area contributed by atoms with Crippen molar-refractivity contribution >= 4 is 11.4 Å². The van der Waals surface area contributed by atoms with E-state index in [9.17, 15) is 10.1 Å². The van der Waals surface area contributed by atoms with E-state index < -0.39 is 4.92 Å². The maximum Gasteiger partial charge on any atom is 0.273 e. The summed E-state index contributed by atoms with van der Waals surface area (Å²) in [5.41, 5.74) is 6.74. The number of hydrogen-bond acceptors (Lipinski definition) is 6. The van der Waals surface area contributed by atoms with Gasteiger partial charge >= 0.3 is 0 Å². The molecule has 0 unspecified atom stereocenters. The standard InChI is InChI=1S/C13H13N3O4/c1-8-10(14)4-6-13(15-8)20-12-7-9(16(17)18)3-5-11(12)19-2/h3-7H,14H2,1-2H3. The molecule has 0 amide bonds. The van der Waals surface area contributed by atoms with Crippen LogP contribution >= 0.6 is 0 Å². The van der Waals surface area contributed by atoms with Gasteiger partial charge in [0.2, 0.25) is 5.88 Å². The van der Waals surface area contributed by atoms with Gasteiger partial charge in [-0.05, 0) is 19.1 Å². The number of anilines is 1. The zero-order valence-electron chi connectivity index (χ0n) is 11.0. The molecule has 2 N–H and O–H groups in total. The number of nitrogens with zero attached hydrogens (tertiary/aromatic N) is 2. The van der Waals surface area contributed by atoms with E-state index in [-0.39, 0.29) is 17.3 Å². The van der Waals surface area contributed by atoms with Crippen LogP contribution in [-0.2, 0) is 0 Å². The maximum atomic E-state index is 10.8. The Morgan fingerprint density at radius 2 is 2.00 bits per heavy atom. The number of nitrogens with two attached hydrogens (primary N) is 1. The number of pyridine rings is 1. The van der Waals surface area contributed by atoms with Crippen LogP contribution in [0.15, 0.2) is 30.3 Å². The van der Waals surface area contributed by atoms with Crippen LogP contribution in [0.5, 0.6) is 17.4 Å². The number of rotatable bonds is 4. The summed E-state index contributed by atoms with van der Waals surface area (Å²) in [6, 6.07) is 7.33. The minimum atomic E-state index is -0.506. The SMILES string of the molecule is COc1ccc([N+](=O)[O-])cc1Oc1ccc(N)c(C)n1. The van der Waals surface area contributed by atoms with E-state index in [0.717, 1.165) is 0 Å². The molecule has 0 atom stereocenters. The fourth-order valence-electron chi connectivity index (χ4n) is 1.58. The van der Waals surface area contributed by atoms with Crippen molar-refractivity contribution in [3.63, 3.8) is 0 Å². The van der Waals surface area contributed by atoms with Crippen LogP contribution in [0.2, 0.25) is 0 Å². The normalized spacial score (nSPS) is 10.1. The largest absolute Gasteiger partial charge is 0.493 e. The predicted molar refractivity (Wildman–Crippen MR) is 73.1 cm³/mol. The second kappa shape index (κ2) is 5.43. The molecule has 20 heavy (non-hydrogen) atoms. The number of aromatic nitrogens is 1. The Kier molecular flexibility index (Phi) is 3.69. The van der Waals surface area contributed by atoms with E-state index in [1.165, 1.54) is 25.3 Å². The number of nitro benzene ring substituents is 1. The Balaban J connectivity index is 2.37. The van der Waals surface area contributed by atoms with E-state index in [0.29, 0.717) is 17.1 Å². The average Bonchev–Trinajstić information content (AvgIpc) is 2.42. The summed E-state index contributed by atoms with van der Waals surface area (Å²) in [5.74, 6) is 0.890. The maximum absolute atomic E-state index is 10.8. The summed E-state index contributed by atoms with van der Waals surface area (Å²) >= 11 is 0. The second-order valence-corrected chi connectivity index (χ2v) is 4.02. The van der Waals surface area contributed by atoms with Crippen molar-refractivity contribution in [2.75, 3.05) is 12.8 Å². The van der Waals surface area contributed by atoms with Crippen molar-refractivity contribution in [1.29, 1.82) is 0 Å². The third kappa shape index (κ3) is 2.77. The summed E-state index contributed by atoms with van der Waals surface area (Å²) in [6.07, 6.45) is 0. The lowest BCUT2D eigenvalue weighted by Gasteiger charge is -2.10. The van der Waals surface area contributed by atoms with E-state index >= 15 is 0 Å². The van der Waals surface area contributed by atoms with E-state index in [1.54, 1.807) is 19.1 Å². The first-order valence-corrected chi connectivity index (χ1v) is 5.74. The molecule has 0 spiro atoms. The van der Waals surface area contributed by atoms with Gasteiger partial charge < -0.3 is 15.2 Å². The van der Waals surface area contributed by atoms with Gasteiger partial charge in [-0.3, -0.25) is 10.1 Å². The van der Waals surface area contributed by atoms with Crippen LogP contribution in [0.1, 0.15) is 5.69 Å². The molecule has 2 rings (SSSR count). The second-order valence-electron chi connectivity index (χ2n) is 4.02. The van der Waals surface area contributed by atoms with Gasteiger partial charge in [-0.1, -0.05) is 0 Å². The van der Waals surface area contributed by atoms with Crippen LogP contribution in [0, 0.1) is 17.0 Å². The molecule has 0 aliphatic rings. The molecule has 0 bridgehead atoms. The van der Waals surface area contributed by atoms with Crippen molar-refractivity contribution in [3.05, 3.63) is 46.1 Å². The summed E-state index contributed by atoms with van der Waals surface area (Å²) < 4.78 is 10.6. The number of aryl methyl sites for hydroxylation is 1. The summed E-state index contributed by atoms with van der Waals surface area (Å²) in [5, 5.41) is 10.8. The Hall–Kier alpha value is -2.83. The first-order chi connectivity index (χ1) is 9.51. The highest BCUT2D eigenvalue weighted by Crippen LogP contribution is 2.34. The third-order valence-corrected chi connectivity index (χ3v) is 2.67. The van der Waals surface area contributed by atoms with Crippen LogP contribution in [0.25, 0.3) is 0 Å². The predicted octanol–water partition coefficient (Wildman–Crippen LogP) is 2.68. The van der Waals surface area contributed by atoms with Crippen LogP contribution < -0.4 is 15.2 Å². The zero-order chi connectivity index (χ0) is 14.7. The van der Waals surface area contributed by atoms with Crippen LogP contribution in [0.3, 0.4) is 0 Å². The number of nitro groups is 1. The van der Waals surface area contributed by atoms with Crippen LogP contribution in [-0.4, -0.2) is 17.0 Å². The van der Waals surface area contributed by atoms with Gasteiger partial charge in [0, 0.05) is 12.1 Å². The van der Waals surface area contributed by atoms with Crippen LogP contribution in [0.4, 0.5) is 11.4 Å². The van der Waals surface area contributed by atoms with Crippen molar-refractivity contribution in [2.45, 2.75) is 6.92 Å². The molecule has 7 nitrogen and oxygen atoms in total. The lowest BCUT2D eigenvalue weighted by Crippen LogP contribution is -1.97. The van der Waals surface area contributed by atoms with Gasteiger partial charge in [-0.2, -0.15) is 0 Å². The van der Waals surface area contributed by atoms with Crippen molar-refractivity contribution < 1.29 is 14.4 Å². The molecule has 0 saturated carbocycles. The Morgan fingerprint density at radius 1 is 1.25 bits per heavy atom. The highest BCUT2D eigenvalue weighted by molar-refractivity contribution is 5.50. The quantitative estimate of drug-likeness (QED) is 0.680. The number of methoxy groups -OCH3 is 1. The van der Waals surface area contributed by atoms with E-state index in [1.807, 2.05) is 0 Å². The smallest absolute Gasteiger partial charge is 0.273 e. The lowest BCUT2D eigenvalue weighted by molar-refractivity contribution is -0.384. The fourth-order valence-corrected chi connectivity index (χ4v) is 1.58. The van der Waals surface area contributed by atoms with Gasteiger partial charge in [-0.25, -0.2) is 4.98 Å². The highest BCUT2D eigenvalue weighted by Gasteiger charge is 2.14. The molecule has 1 heterocycles. The monoisotopic (exact) mass is 275 g/mol. The molecule has 2 aromatic rings. The third-order valence-electron chi connectivity index (χ3n) is 2.67. The molecule has 0 radical (unpaired) electrons. The fraction of sp³-hybridized carbons (Fsp3) is 0.154. The average molecular weight is 275 g/mol. The minimum Gasteiger partial charge on any atom is -0.493 e. The van der Waals surface area contributed by atoms with Gasteiger partial charge in [0.05, 0.1) is 29.5 Å². The summed E-state index contributed by atoms with van der Waals surface area (Å²) in [6.45, 7) is 1.74. The number of nitrogen functional groups attached to an aromatic ring is 1. The molecule has 0 aliphatic heterocycles. The molecule has 1 aromatic heterocycles. The minimum absolute atomic E-state index is 0.0898. The van der Waals surface area contributed by atoms with Gasteiger partial charge in [0.15, 0.2) is 11.5 Å². The van der Waals surface area contributed by atoms with Gasteiger partial charge in [0.25, 0.3) is 5.69 Å². The number of hydrogen-bond donors (Lipinski definition) is 1. The molecule has 0 fully saturated rings. The Bertz CT molecular complexity index is 658. The number of ether oxygens (including phenoxy) is 2. The molecular weight excluding hydrogens is 262 g/mol. The summed E-state index contributed by atoms with van der Waals surface area (Å²) in [7, 11) is 1.45. The number of benzene rings is 1. The molecule has 0 aliphatic carbocycles. The molecule has 7 heteroatoms. The van der Waals surface area contributed by atoms with Crippen molar-refractivity contribution in [3.8, 4) is 17.4 Å².